The molecular formula is C32H41N7O3S. The topological polar surface area (TPSA) is 96.0 Å². The van der Waals surface area contributed by atoms with Crippen LogP contribution in [0.3, 0.4) is 0 Å². The van der Waals surface area contributed by atoms with Gasteiger partial charge in [-0.2, -0.15) is 0 Å². The van der Waals surface area contributed by atoms with Gasteiger partial charge in [-0.3, -0.25) is 0 Å². The van der Waals surface area contributed by atoms with Gasteiger partial charge in [-0.1, -0.05) is 24.3 Å². The van der Waals surface area contributed by atoms with Crippen molar-refractivity contribution in [2.24, 2.45) is 0 Å². The van der Waals surface area contributed by atoms with Gasteiger partial charge in [-0.25, -0.2) is 4.79 Å². The van der Waals surface area contributed by atoms with E-state index in [0.717, 1.165) is 17.6 Å². The first kappa shape index (κ1) is 30.5. The van der Waals surface area contributed by atoms with Gasteiger partial charge in [0.25, 0.3) is 0 Å². The van der Waals surface area contributed by atoms with Crippen molar-refractivity contribution >= 4 is 39.8 Å². The van der Waals surface area contributed by atoms with Gasteiger partial charge in [0.15, 0.2) is 5.82 Å². The highest BCUT2D eigenvalue weighted by Crippen LogP contribution is 2.37. The standard InChI is InChI=1S/C32H41N7O3S/c1-21(29-16-23(20-43-29)24-11-9-8-10-22(24)19-37(5)6)33-30-25-17-27(28(41-7)18-26(25)34-36-35-30)38-12-14-39(15-13-38)31(40)42-32(2,3)4/h8-11,16-18,20-21H,12-15,19H2,1-7H3,(H,33,34,35)/t21-/m1/s1. The molecule has 0 bridgehead atoms. The Bertz CT molecular complexity index is 1570. The predicted molar refractivity (Wildman–Crippen MR) is 173 cm³/mol. The molecule has 2 aromatic heterocycles. The summed E-state index contributed by atoms with van der Waals surface area (Å²) < 4.78 is 11.3. The lowest BCUT2D eigenvalue weighted by Gasteiger charge is -2.37. The maximum Gasteiger partial charge on any atom is 0.410 e. The van der Waals surface area contributed by atoms with E-state index >= 15 is 0 Å². The van der Waals surface area contributed by atoms with Crippen molar-refractivity contribution in [2.75, 3.05) is 57.6 Å². The van der Waals surface area contributed by atoms with Crippen LogP contribution in [-0.4, -0.2) is 84.3 Å². The number of rotatable bonds is 8. The van der Waals surface area contributed by atoms with E-state index in [1.807, 2.05) is 26.8 Å². The Balaban J connectivity index is 1.36. The maximum absolute atomic E-state index is 12.6. The zero-order valence-corrected chi connectivity index (χ0v) is 26.9. The van der Waals surface area contributed by atoms with E-state index in [4.69, 9.17) is 9.47 Å². The zero-order valence-electron chi connectivity index (χ0n) is 26.0. The Kier molecular flexibility index (Phi) is 9.03. The number of aromatic nitrogens is 3. The number of hydrogen-bond acceptors (Lipinski definition) is 10. The third-order valence-electron chi connectivity index (χ3n) is 7.34. The molecule has 1 saturated heterocycles. The van der Waals surface area contributed by atoms with Crippen LogP contribution in [0.1, 0.15) is 44.2 Å². The Labute approximate surface area is 257 Å². The van der Waals surface area contributed by atoms with E-state index in [1.165, 1.54) is 21.6 Å². The van der Waals surface area contributed by atoms with Gasteiger partial charge in [0.2, 0.25) is 0 Å². The summed E-state index contributed by atoms with van der Waals surface area (Å²) in [7, 11) is 5.84. The molecule has 5 rings (SSSR count). The third-order valence-corrected chi connectivity index (χ3v) is 8.45. The second-order valence-electron chi connectivity index (χ2n) is 12.1. The number of nitrogens with one attached hydrogen (secondary N) is 1. The normalized spacial score (nSPS) is 14.7. The quantitative estimate of drug-likeness (QED) is 0.258. The lowest BCUT2D eigenvalue weighted by Crippen LogP contribution is -2.50. The second kappa shape index (κ2) is 12.7. The molecule has 0 aliphatic carbocycles. The van der Waals surface area contributed by atoms with Gasteiger partial charge < -0.3 is 29.5 Å². The first-order valence-electron chi connectivity index (χ1n) is 14.5. The van der Waals surface area contributed by atoms with Crippen LogP contribution in [0.4, 0.5) is 16.3 Å². The molecule has 2 aromatic carbocycles. The molecular weight excluding hydrogens is 562 g/mol. The van der Waals surface area contributed by atoms with Crippen molar-refractivity contribution in [3.8, 4) is 16.9 Å². The molecule has 0 unspecified atom stereocenters. The van der Waals surface area contributed by atoms with Crippen LogP contribution in [0.2, 0.25) is 0 Å². The summed E-state index contributed by atoms with van der Waals surface area (Å²) in [5.74, 6) is 1.37. The highest BCUT2D eigenvalue weighted by atomic mass is 32.1. The smallest absolute Gasteiger partial charge is 0.410 e. The number of fused-ring (bicyclic) bond motifs is 1. The summed E-state index contributed by atoms with van der Waals surface area (Å²) >= 11 is 1.73. The average Bonchev–Trinajstić information content (AvgIpc) is 3.46. The van der Waals surface area contributed by atoms with E-state index in [2.05, 4.69) is 93.3 Å². The highest BCUT2D eigenvalue weighted by Gasteiger charge is 2.27. The van der Waals surface area contributed by atoms with Crippen molar-refractivity contribution in [3.05, 3.63) is 58.3 Å². The maximum atomic E-state index is 12.6. The highest BCUT2D eigenvalue weighted by molar-refractivity contribution is 7.10. The predicted octanol–water partition coefficient (Wildman–Crippen LogP) is 6.05. The van der Waals surface area contributed by atoms with E-state index in [0.29, 0.717) is 43.3 Å². The summed E-state index contributed by atoms with van der Waals surface area (Å²) in [5, 5.41) is 19.4. The van der Waals surface area contributed by atoms with Crippen molar-refractivity contribution < 1.29 is 14.3 Å². The summed E-state index contributed by atoms with van der Waals surface area (Å²) in [5.41, 5.74) is 4.88. The molecule has 1 aliphatic rings. The molecule has 3 heterocycles. The minimum atomic E-state index is -0.522. The molecule has 228 valence electrons. The van der Waals surface area contributed by atoms with Gasteiger partial charge in [-0.05, 0) is 81.2 Å². The summed E-state index contributed by atoms with van der Waals surface area (Å²) in [6, 6.07) is 14.8. The van der Waals surface area contributed by atoms with E-state index in [1.54, 1.807) is 23.3 Å². The van der Waals surface area contributed by atoms with E-state index < -0.39 is 5.60 Å². The Morgan fingerprint density at radius 2 is 1.84 bits per heavy atom. The Hall–Kier alpha value is -3.96. The summed E-state index contributed by atoms with van der Waals surface area (Å²) in [6.45, 7) is 11.1. The Morgan fingerprint density at radius 1 is 1.09 bits per heavy atom. The van der Waals surface area contributed by atoms with Crippen LogP contribution in [0, 0.1) is 0 Å². The fourth-order valence-corrected chi connectivity index (χ4v) is 6.17. The summed E-state index contributed by atoms with van der Waals surface area (Å²) in [4.78, 5) is 20.0. The number of benzene rings is 2. The number of amides is 1. The molecule has 0 saturated carbocycles. The summed E-state index contributed by atoms with van der Waals surface area (Å²) in [6.07, 6.45) is -0.282. The number of anilines is 2. The minimum absolute atomic E-state index is 0.00239. The number of carbonyl (C=O) groups excluding carboxylic acids is 1. The largest absolute Gasteiger partial charge is 0.495 e. The average molecular weight is 604 g/mol. The SMILES string of the molecule is COc1cc2nnnc(N[C@H](C)c3cc(-c4ccccc4CN(C)C)cs3)c2cc1N1CCN(C(=O)OC(C)(C)C)CC1. The number of methoxy groups -OCH3 is 1. The van der Waals surface area contributed by atoms with Crippen molar-refractivity contribution in [2.45, 2.75) is 45.9 Å². The number of piperazine rings is 1. The number of ether oxygens (including phenoxy) is 2. The van der Waals surface area contributed by atoms with Gasteiger partial charge in [0.05, 0.1) is 18.8 Å². The minimum Gasteiger partial charge on any atom is -0.495 e. The van der Waals surface area contributed by atoms with Crippen LogP contribution in [-0.2, 0) is 11.3 Å². The molecule has 0 spiro atoms. The number of hydrogen-bond donors (Lipinski definition) is 1. The van der Waals surface area contributed by atoms with E-state index in [-0.39, 0.29) is 12.1 Å². The van der Waals surface area contributed by atoms with Crippen molar-refractivity contribution in [1.29, 1.82) is 0 Å². The fraction of sp³-hybridized carbons (Fsp3) is 0.438. The Morgan fingerprint density at radius 3 is 2.53 bits per heavy atom. The van der Waals surface area contributed by atoms with Gasteiger partial charge in [0, 0.05) is 49.1 Å². The fourth-order valence-electron chi connectivity index (χ4n) is 5.25. The molecule has 1 aliphatic heterocycles. The zero-order chi connectivity index (χ0) is 30.7. The van der Waals surface area contributed by atoms with Crippen LogP contribution >= 0.6 is 11.3 Å². The number of carbonyl (C=O) groups is 1. The van der Waals surface area contributed by atoms with Crippen LogP contribution < -0.4 is 15.0 Å². The number of thiophene rings is 1. The monoisotopic (exact) mass is 603 g/mol. The van der Waals surface area contributed by atoms with Gasteiger partial charge in [0.1, 0.15) is 16.9 Å². The molecule has 1 atom stereocenters. The van der Waals surface area contributed by atoms with Gasteiger partial charge in [-0.15, -0.1) is 21.5 Å². The second-order valence-corrected chi connectivity index (χ2v) is 13.1. The molecule has 10 nitrogen and oxygen atoms in total. The number of nitrogens with zero attached hydrogens (tertiary/aromatic N) is 6. The van der Waals surface area contributed by atoms with E-state index in [9.17, 15) is 4.79 Å². The van der Waals surface area contributed by atoms with Crippen LogP contribution in [0.5, 0.6) is 5.75 Å². The first-order chi connectivity index (χ1) is 20.5. The molecule has 43 heavy (non-hydrogen) atoms. The van der Waals surface area contributed by atoms with Crippen LogP contribution in [0.25, 0.3) is 22.0 Å². The lowest BCUT2D eigenvalue weighted by atomic mass is 10.0. The molecule has 11 heteroatoms. The molecule has 4 aromatic rings. The van der Waals surface area contributed by atoms with Gasteiger partial charge >= 0.3 is 6.09 Å². The first-order valence-corrected chi connectivity index (χ1v) is 15.4. The third kappa shape index (κ3) is 7.17. The van der Waals surface area contributed by atoms with Crippen molar-refractivity contribution in [1.82, 2.24) is 25.2 Å². The molecule has 1 fully saturated rings. The van der Waals surface area contributed by atoms with Crippen LogP contribution in [0.15, 0.2) is 47.8 Å². The molecule has 1 N–H and O–H groups in total. The molecule has 0 radical (unpaired) electrons. The molecule has 1 amide bonds. The van der Waals surface area contributed by atoms with Crippen molar-refractivity contribution in [3.63, 3.8) is 0 Å². The lowest BCUT2D eigenvalue weighted by molar-refractivity contribution is 0.0240.